The van der Waals surface area contributed by atoms with E-state index in [0.29, 0.717) is 5.56 Å². The SMILES string of the molecule is CNC(=O)c1cc(C#N)cc(C)c1NC(=O)c1cc(Cc2cc(C(F)(F)F)ccn2)nn1-c1ncccc1Cl. The number of nitriles is 1. The molecule has 1 aromatic carbocycles. The van der Waals surface area contributed by atoms with Gasteiger partial charge in [0, 0.05) is 31.6 Å². The van der Waals surface area contributed by atoms with Gasteiger partial charge in [-0.1, -0.05) is 11.6 Å². The lowest BCUT2D eigenvalue weighted by Crippen LogP contribution is -2.24. The summed E-state index contributed by atoms with van der Waals surface area (Å²) in [6.07, 6.45) is -2.19. The van der Waals surface area contributed by atoms with E-state index in [1.54, 1.807) is 13.0 Å². The Labute approximate surface area is 225 Å². The second-order valence-electron chi connectivity index (χ2n) is 8.31. The van der Waals surface area contributed by atoms with Gasteiger partial charge in [0.25, 0.3) is 11.8 Å². The van der Waals surface area contributed by atoms with E-state index >= 15 is 0 Å². The van der Waals surface area contributed by atoms with E-state index in [4.69, 9.17) is 11.6 Å². The third kappa shape index (κ3) is 5.89. The molecule has 3 aromatic heterocycles. The lowest BCUT2D eigenvalue weighted by atomic mass is 10.0. The van der Waals surface area contributed by atoms with Crippen LogP contribution in [-0.4, -0.2) is 38.6 Å². The van der Waals surface area contributed by atoms with E-state index in [0.717, 1.165) is 18.3 Å². The normalized spacial score (nSPS) is 11.1. The molecule has 0 aliphatic heterocycles. The first-order valence-electron chi connectivity index (χ1n) is 11.3. The van der Waals surface area contributed by atoms with E-state index in [-0.39, 0.29) is 51.2 Å². The van der Waals surface area contributed by atoms with Gasteiger partial charge in [-0.05, 0) is 55.0 Å². The molecule has 2 N–H and O–H groups in total. The first kappa shape index (κ1) is 27.3. The van der Waals surface area contributed by atoms with E-state index in [1.807, 2.05) is 6.07 Å². The zero-order chi connectivity index (χ0) is 28.3. The van der Waals surface area contributed by atoms with Gasteiger partial charge in [0.2, 0.25) is 0 Å². The van der Waals surface area contributed by atoms with Crippen molar-refractivity contribution in [2.24, 2.45) is 0 Å². The van der Waals surface area contributed by atoms with Crippen LogP contribution >= 0.6 is 11.6 Å². The Balaban J connectivity index is 1.78. The Morgan fingerprint density at radius 3 is 2.51 bits per heavy atom. The lowest BCUT2D eigenvalue weighted by Gasteiger charge is -2.14. The van der Waals surface area contributed by atoms with E-state index in [1.165, 1.54) is 42.2 Å². The molecule has 0 atom stereocenters. The first-order valence-corrected chi connectivity index (χ1v) is 11.7. The molecular weight excluding hydrogens is 535 g/mol. The number of anilines is 1. The van der Waals surface area contributed by atoms with Gasteiger partial charge in [0.15, 0.2) is 5.82 Å². The first-order chi connectivity index (χ1) is 18.5. The summed E-state index contributed by atoms with van der Waals surface area (Å²) in [5.74, 6) is -1.12. The van der Waals surface area contributed by atoms with Crippen molar-refractivity contribution in [3.05, 3.63) is 99.2 Å². The van der Waals surface area contributed by atoms with Crippen LogP contribution in [0.2, 0.25) is 5.02 Å². The number of alkyl halides is 3. The second-order valence-corrected chi connectivity index (χ2v) is 8.72. The van der Waals surface area contributed by atoms with Crippen molar-refractivity contribution in [1.82, 2.24) is 25.1 Å². The summed E-state index contributed by atoms with van der Waals surface area (Å²) in [6, 6.07) is 11.1. The summed E-state index contributed by atoms with van der Waals surface area (Å²) < 4.78 is 40.7. The van der Waals surface area contributed by atoms with Crippen LogP contribution < -0.4 is 10.6 Å². The molecule has 0 unspecified atom stereocenters. The molecule has 4 aromatic rings. The molecule has 0 aliphatic carbocycles. The number of halogens is 4. The molecule has 39 heavy (non-hydrogen) atoms. The smallest absolute Gasteiger partial charge is 0.355 e. The average molecular weight is 554 g/mol. The molecular formula is C26H19ClF3N7O2. The molecule has 2 amide bonds. The number of aryl methyl sites for hydroxylation is 1. The highest BCUT2D eigenvalue weighted by atomic mass is 35.5. The highest BCUT2D eigenvalue weighted by molar-refractivity contribution is 6.32. The van der Waals surface area contributed by atoms with Gasteiger partial charge in [-0.2, -0.15) is 23.5 Å². The van der Waals surface area contributed by atoms with Gasteiger partial charge in [-0.25, -0.2) is 9.67 Å². The van der Waals surface area contributed by atoms with Crippen molar-refractivity contribution >= 4 is 29.1 Å². The average Bonchev–Trinajstić information content (AvgIpc) is 3.32. The summed E-state index contributed by atoms with van der Waals surface area (Å²) in [4.78, 5) is 34.2. The van der Waals surface area contributed by atoms with Crippen LogP contribution in [0.1, 0.15) is 48.9 Å². The van der Waals surface area contributed by atoms with Crippen LogP contribution in [-0.2, 0) is 12.6 Å². The Morgan fingerprint density at radius 2 is 1.85 bits per heavy atom. The molecule has 0 saturated carbocycles. The zero-order valence-corrected chi connectivity index (χ0v) is 21.2. The van der Waals surface area contributed by atoms with Crippen molar-refractivity contribution in [2.45, 2.75) is 19.5 Å². The van der Waals surface area contributed by atoms with Crippen LogP contribution in [0.25, 0.3) is 5.82 Å². The number of amides is 2. The Kier molecular flexibility index (Phi) is 7.64. The number of nitrogens with one attached hydrogen (secondary N) is 2. The van der Waals surface area contributed by atoms with Crippen LogP contribution in [0.5, 0.6) is 0 Å². The number of rotatable bonds is 6. The third-order valence-electron chi connectivity index (χ3n) is 5.61. The predicted molar refractivity (Wildman–Crippen MR) is 136 cm³/mol. The number of hydrogen-bond acceptors (Lipinski definition) is 6. The lowest BCUT2D eigenvalue weighted by molar-refractivity contribution is -0.137. The minimum Gasteiger partial charge on any atom is -0.355 e. The monoisotopic (exact) mass is 553 g/mol. The van der Waals surface area contributed by atoms with Crippen molar-refractivity contribution in [3.63, 3.8) is 0 Å². The van der Waals surface area contributed by atoms with E-state index < -0.39 is 23.6 Å². The second kappa shape index (κ2) is 10.9. The van der Waals surface area contributed by atoms with Crippen molar-refractivity contribution in [2.75, 3.05) is 12.4 Å². The number of benzene rings is 1. The third-order valence-corrected chi connectivity index (χ3v) is 5.91. The van der Waals surface area contributed by atoms with Gasteiger partial charge in [-0.15, -0.1) is 0 Å². The Hall–Kier alpha value is -4.76. The maximum Gasteiger partial charge on any atom is 0.416 e. The topological polar surface area (TPSA) is 126 Å². The summed E-state index contributed by atoms with van der Waals surface area (Å²) in [5, 5.41) is 19.0. The standard InChI is InChI=1S/C26H19ClF3N7O2/c1-14-8-15(13-31)9-19(24(38)32-2)22(14)35-25(39)21-12-18(36-37(21)23-20(27)4-3-6-34-23)11-17-10-16(5-7-33-17)26(28,29)30/h3-10,12H,11H2,1-2H3,(H,32,38)(H,35,39). The quantitative estimate of drug-likeness (QED) is 0.356. The number of nitrogens with zero attached hydrogens (tertiary/aromatic N) is 5. The Bertz CT molecular complexity index is 1630. The minimum atomic E-state index is -4.55. The molecule has 13 heteroatoms. The molecule has 0 radical (unpaired) electrons. The predicted octanol–water partition coefficient (Wildman–Crippen LogP) is 4.72. The summed E-state index contributed by atoms with van der Waals surface area (Å²) in [7, 11) is 1.41. The number of carbonyl (C=O) groups is 2. The molecule has 0 fully saturated rings. The molecule has 198 valence electrons. The van der Waals surface area contributed by atoms with Gasteiger partial charge in [0.05, 0.1) is 39.2 Å². The van der Waals surface area contributed by atoms with Gasteiger partial charge >= 0.3 is 6.18 Å². The maximum absolute atomic E-state index is 13.5. The number of carbonyl (C=O) groups excluding carboxylic acids is 2. The molecule has 3 heterocycles. The fraction of sp³-hybridized carbons (Fsp3) is 0.154. The molecule has 0 aliphatic rings. The molecule has 4 rings (SSSR count). The maximum atomic E-state index is 13.5. The minimum absolute atomic E-state index is 0.0517. The van der Waals surface area contributed by atoms with Crippen LogP contribution in [0.4, 0.5) is 18.9 Å². The van der Waals surface area contributed by atoms with Crippen LogP contribution in [0, 0.1) is 18.3 Å². The van der Waals surface area contributed by atoms with Gasteiger partial charge in [0.1, 0.15) is 5.69 Å². The summed E-state index contributed by atoms with van der Waals surface area (Å²) in [6.45, 7) is 1.63. The number of hydrogen-bond donors (Lipinski definition) is 2. The van der Waals surface area contributed by atoms with Crippen LogP contribution in [0.3, 0.4) is 0 Å². The zero-order valence-electron chi connectivity index (χ0n) is 20.5. The highest BCUT2D eigenvalue weighted by Crippen LogP contribution is 2.30. The van der Waals surface area contributed by atoms with E-state index in [9.17, 15) is 28.0 Å². The van der Waals surface area contributed by atoms with Gasteiger partial charge < -0.3 is 10.6 Å². The molecule has 0 saturated heterocycles. The molecule has 0 bridgehead atoms. The summed E-state index contributed by atoms with van der Waals surface area (Å²) in [5.41, 5.74) is 0.300. The van der Waals surface area contributed by atoms with Crippen molar-refractivity contribution in [3.8, 4) is 11.9 Å². The number of pyridine rings is 2. The van der Waals surface area contributed by atoms with Crippen molar-refractivity contribution in [1.29, 1.82) is 5.26 Å². The van der Waals surface area contributed by atoms with Crippen molar-refractivity contribution < 1.29 is 22.8 Å². The fourth-order valence-electron chi connectivity index (χ4n) is 3.82. The fourth-order valence-corrected chi connectivity index (χ4v) is 4.02. The Morgan fingerprint density at radius 1 is 1.08 bits per heavy atom. The molecule has 9 nitrogen and oxygen atoms in total. The number of aromatic nitrogens is 4. The highest BCUT2D eigenvalue weighted by Gasteiger charge is 2.31. The largest absolute Gasteiger partial charge is 0.416 e. The van der Waals surface area contributed by atoms with Gasteiger partial charge in [-0.3, -0.25) is 14.6 Å². The summed E-state index contributed by atoms with van der Waals surface area (Å²) >= 11 is 6.30. The van der Waals surface area contributed by atoms with E-state index in [2.05, 4.69) is 25.7 Å². The molecule has 0 spiro atoms. The van der Waals surface area contributed by atoms with Crippen LogP contribution in [0.15, 0.2) is 54.9 Å².